The predicted octanol–water partition coefficient (Wildman–Crippen LogP) is 1.31. The molecule has 1 rings (SSSR count). The Balaban J connectivity index is 2.31. The van der Waals surface area contributed by atoms with E-state index in [1.165, 1.54) is 12.4 Å². The largest absolute Gasteiger partial charge is 0.360 e. The van der Waals surface area contributed by atoms with Gasteiger partial charge in [-0.2, -0.15) is 0 Å². The lowest BCUT2D eigenvalue weighted by molar-refractivity contribution is -0.119. The Morgan fingerprint density at radius 2 is 2.25 bits per heavy atom. The van der Waals surface area contributed by atoms with Crippen LogP contribution in [0.25, 0.3) is 0 Å². The molecule has 16 heavy (non-hydrogen) atoms. The first kappa shape index (κ1) is 12.7. The van der Waals surface area contributed by atoms with Gasteiger partial charge in [0.05, 0.1) is 18.9 Å². The minimum atomic E-state index is -0.0736. The van der Waals surface area contributed by atoms with Crippen LogP contribution in [-0.2, 0) is 4.79 Å². The number of nitrogens with zero attached hydrogens (tertiary/aromatic N) is 2. The molecule has 0 aliphatic carbocycles. The molecule has 0 bridgehead atoms. The van der Waals surface area contributed by atoms with Gasteiger partial charge in [0, 0.05) is 6.54 Å². The van der Waals surface area contributed by atoms with Gasteiger partial charge in [0.15, 0.2) is 0 Å². The van der Waals surface area contributed by atoms with Crippen LogP contribution >= 0.6 is 11.6 Å². The van der Waals surface area contributed by atoms with E-state index in [0.717, 1.165) is 0 Å². The maximum atomic E-state index is 11.4. The van der Waals surface area contributed by atoms with Crippen LogP contribution in [0.4, 0.5) is 5.82 Å². The van der Waals surface area contributed by atoms with Crippen molar-refractivity contribution in [2.75, 3.05) is 18.4 Å². The molecule has 1 amide bonds. The molecule has 0 spiro atoms. The SMILES string of the molecule is CC(C)CNC(=O)CNc1cncc(Cl)n1. The van der Waals surface area contributed by atoms with Crippen molar-refractivity contribution in [1.82, 2.24) is 15.3 Å². The molecule has 88 valence electrons. The van der Waals surface area contributed by atoms with Crippen molar-refractivity contribution in [3.8, 4) is 0 Å². The van der Waals surface area contributed by atoms with E-state index in [-0.39, 0.29) is 12.5 Å². The molecule has 0 saturated heterocycles. The average Bonchev–Trinajstić information content (AvgIpc) is 2.23. The predicted molar refractivity (Wildman–Crippen MR) is 63.4 cm³/mol. The summed E-state index contributed by atoms with van der Waals surface area (Å²) in [6.45, 7) is 4.91. The van der Waals surface area contributed by atoms with Crippen LogP contribution in [0.5, 0.6) is 0 Å². The number of carbonyl (C=O) groups excluding carboxylic acids is 1. The Morgan fingerprint density at radius 3 is 2.88 bits per heavy atom. The number of carbonyl (C=O) groups is 1. The Hall–Kier alpha value is -1.36. The number of anilines is 1. The highest BCUT2D eigenvalue weighted by molar-refractivity contribution is 6.29. The fourth-order valence-electron chi connectivity index (χ4n) is 0.979. The minimum Gasteiger partial charge on any atom is -0.360 e. The normalized spacial score (nSPS) is 10.2. The fraction of sp³-hybridized carbons (Fsp3) is 0.500. The molecule has 0 saturated carbocycles. The zero-order chi connectivity index (χ0) is 12.0. The van der Waals surface area contributed by atoms with Crippen molar-refractivity contribution in [3.05, 3.63) is 17.5 Å². The lowest BCUT2D eigenvalue weighted by atomic mass is 10.2. The van der Waals surface area contributed by atoms with E-state index >= 15 is 0 Å². The molecule has 1 aromatic rings. The first-order valence-corrected chi connectivity index (χ1v) is 5.44. The van der Waals surface area contributed by atoms with Crippen LogP contribution < -0.4 is 10.6 Å². The van der Waals surface area contributed by atoms with Crippen molar-refractivity contribution in [1.29, 1.82) is 0 Å². The van der Waals surface area contributed by atoms with Gasteiger partial charge in [-0.3, -0.25) is 9.78 Å². The number of hydrogen-bond donors (Lipinski definition) is 2. The zero-order valence-electron chi connectivity index (χ0n) is 9.33. The second-order valence-corrected chi connectivity index (χ2v) is 4.17. The Bertz CT molecular complexity index is 356. The summed E-state index contributed by atoms with van der Waals surface area (Å²) in [7, 11) is 0. The second kappa shape index (κ2) is 6.27. The summed E-state index contributed by atoms with van der Waals surface area (Å²) < 4.78 is 0. The topological polar surface area (TPSA) is 66.9 Å². The van der Waals surface area contributed by atoms with Gasteiger partial charge in [-0.15, -0.1) is 0 Å². The average molecular weight is 243 g/mol. The van der Waals surface area contributed by atoms with E-state index in [0.29, 0.717) is 23.4 Å². The lowest BCUT2D eigenvalue weighted by Gasteiger charge is -2.08. The third-order valence-corrected chi connectivity index (χ3v) is 1.92. The standard InChI is InChI=1S/C10H15ClN4O/c1-7(2)3-14-10(16)6-13-9-5-12-4-8(11)15-9/h4-5,7H,3,6H2,1-2H3,(H,13,15)(H,14,16). The molecule has 0 unspecified atom stereocenters. The van der Waals surface area contributed by atoms with Gasteiger partial charge in [-0.1, -0.05) is 25.4 Å². The van der Waals surface area contributed by atoms with Crippen molar-refractivity contribution in [3.63, 3.8) is 0 Å². The summed E-state index contributed by atoms with van der Waals surface area (Å²) in [5.74, 6) is 0.859. The molecule has 0 fully saturated rings. The van der Waals surface area contributed by atoms with E-state index in [1.807, 2.05) is 13.8 Å². The number of rotatable bonds is 5. The first-order chi connectivity index (χ1) is 7.58. The number of halogens is 1. The Labute approximate surface area is 99.6 Å². The van der Waals surface area contributed by atoms with Crippen molar-refractivity contribution < 1.29 is 4.79 Å². The van der Waals surface area contributed by atoms with Crippen LogP contribution in [0.1, 0.15) is 13.8 Å². The third kappa shape index (κ3) is 4.93. The molecular formula is C10H15ClN4O. The Morgan fingerprint density at radius 1 is 1.50 bits per heavy atom. The highest BCUT2D eigenvalue weighted by atomic mass is 35.5. The smallest absolute Gasteiger partial charge is 0.239 e. The summed E-state index contributed by atoms with van der Waals surface area (Å²) in [4.78, 5) is 19.2. The zero-order valence-corrected chi connectivity index (χ0v) is 10.1. The van der Waals surface area contributed by atoms with Crippen LogP contribution in [0.2, 0.25) is 5.15 Å². The molecule has 0 aliphatic heterocycles. The molecule has 0 aromatic carbocycles. The molecule has 0 aliphatic rings. The van der Waals surface area contributed by atoms with Gasteiger partial charge in [0.2, 0.25) is 5.91 Å². The summed E-state index contributed by atoms with van der Waals surface area (Å²) in [5, 5.41) is 5.92. The second-order valence-electron chi connectivity index (χ2n) is 3.78. The molecule has 0 radical (unpaired) electrons. The summed E-state index contributed by atoms with van der Waals surface area (Å²) in [5.41, 5.74) is 0. The van der Waals surface area contributed by atoms with Crippen LogP contribution in [0, 0.1) is 5.92 Å². The highest BCUT2D eigenvalue weighted by Gasteiger charge is 2.03. The Kier molecular flexibility index (Phi) is 4.98. The van der Waals surface area contributed by atoms with E-state index in [1.54, 1.807) is 0 Å². The van der Waals surface area contributed by atoms with Crippen molar-refractivity contribution in [2.45, 2.75) is 13.8 Å². The molecule has 2 N–H and O–H groups in total. The number of hydrogen-bond acceptors (Lipinski definition) is 4. The van der Waals surface area contributed by atoms with Gasteiger partial charge in [0.25, 0.3) is 0 Å². The molecule has 5 nitrogen and oxygen atoms in total. The summed E-state index contributed by atoms with van der Waals surface area (Å²) in [6, 6.07) is 0. The quantitative estimate of drug-likeness (QED) is 0.817. The molecular weight excluding hydrogens is 228 g/mol. The van der Waals surface area contributed by atoms with E-state index in [9.17, 15) is 4.79 Å². The third-order valence-electron chi connectivity index (χ3n) is 1.74. The van der Waals surface area contributed by atoms with Crippen molar-refractivity contribution in [2.24, 2.45) is 5.92 Å². The van der Waals surface area contributed by atoms with E-state index < -0.39 is 0 Å². The maximum absolute atomic E-state index is 11.4. The number of aromatic nitrogens is 2. The van der Waals surface area contributed by atoms with Crippen molar-refractivity contribution >= 4 is 23.3 Å². The fourth-order valence-corrected chi connectivity index (χ4v) is 1.13. The maximum Gasteiger partial charge on any atom is 0.239 e. The highest BCUT2D eigenvalue weighted by Crippen LogP contribution is 2.05. The number of nitrogens with one attached hydrogen (secondary N) is 2. The molecule has 6 heteroatoms. The summed E-state index contributed by atoms with van der Waals surface area (Å²) >= 11 is 5.65. The molecule has 1 heterocycles. The molecule has 0 atom stereocenters. The molecule has 1 aromatic heterocycles. The monoisotopic (exact) mass is 242 g/mol. The van der Waals surface area contributed by atoms with Crippen LogP contribution in [0.3, 0.4) is 0 Å². The van der Waals surface area contributed by atoms with Gasteiger partial charge >= 0.3 is 0 Å². The first-order valence-electron chi connectivity index (χ1n) is 5.06. The van der Waals surface area contributed by atoms with Gasteiger partial charge in [-0.25, -0.2) is 4.98 Å². The van der Waals surface area contributed by atoms with E-state index in [4.69, 9.17) is 11.6 Å². The van der Waals surface area contributed by atoms with E-state index in [2.05, 4.69) is 20.6 Å². The van der Waals surface area contributed by atoms with Gasteiger partial charge in [0.1, 0.15) is 11.0 Å². The lowest BCUT2D eigenvalue weighted by Crippen LogP contribution is -2.32. The van der Waals surface area contributed by atoms with Crippen LogP contribution in [0.15, 0.2) is 12.4 Å². The summed E-state index contributed by atoms with van der Waals surface area (Å²) in [6.07, 6.45) is 2.95. The van der Waals surface area contributed by atoms with Gasteiger partial charge in [-0.05, 0) is 5.92 Å². The minimum absolute atomic E-state index is 0.0736. The number of amides is 1. The van der Waals surface area contributed by atoms with Gasteiger partial charge < -0.3 is 10.6 Å². The van der Waals surface area contributed by atoms with Crippen LogP contribution in [-0.4, -0.2) is 29.0 Å².